The monoisotopic (exact) mass is 285 g/mol. The van der Waals surface area contributed by atoms with Gasteiger partial charge in [-0.15, -0.1) is 0 Å². The molecule has 0 aliphatic carbocycles. The van der Waals surface area contributed by atoms with Crippen molar-refractivity contribution in [3.63, 3.8) is 0 Å². The number of nitrogens with zero attached hydrogens (tertiary/aromatic N) is 2. The van der Waals surface area contributed by atoms with Crippen LogP contribution in [0.4, 0.5) is 0 Å². The zero-order valence-electron chi connectivity index (χ0n) is 13.0. The quantitative estimate of drug-likeness (QED) is 0.942. The van der Waals surface area contributed by atoms with Crippen molar-refractivity contribution < 1.29 is 4.74 Å². The number of aryl methyl sites for hydroxylation is 2. The fraction of sp³-hybridized carbons (Fsp3) is 0.471. The Labute approximate surface area is 126 Å². The summed E-state index contributed by atoms with van der Waals surface area (Å²) in [5, 5.41) is 7.99. The number of hydrogen-bond donors (Lipinski definition) is 1. The number of nitrogens with one attached hydrogen (secondary N) is 1. The second-order valence-electron chi connectivity index (χ2n) is 5.80. The molecule has 3 rings (SSSR count). The van der Waals surface area contributed by atoms with E-state index < -0.39 is 0 Å². The standard InChI is InChI=1S/C17H23N3O/c1-12-6-4-7-15-16(8-5-9-21-17(12)15)18-10-14-11-19-20(3)13(14)2/h4,6-7,11,16,18H,5,8-10H2,1-3H3. The smallest absolute Gasteiger partial charge is 0.126 e. The third-order valence-corrected chi connectivity index (χ3v) is 4.38. The van der Waals surface area contributed by atoms with E-state index in [9.17, 15) is 0 Å². The van der Waals surface area contributed by atoms with Crippen LogP contribution in [0.3, 0.4) is 0 Å². The van der Waals surface area contributed by atoms with E-state index >= 15 is 0 Å². The highest BCUT2D eigenvalue weighted by Gasteiger charge is 2.20. The first-order valence-corrected chi connectivity index (χ1v) is 7.60. The lowest BCUT2D eigenvalue weighted by molar-refractivity contribution is 0.313. The number of aromatic nitrogens is 2. The zero-order chi connectivity index (χ0) is 14.8. The Bertz CT molecular complexity index is 633. The van der Waals surface area contributed by atoms with Crippen molar-refractivity contribution in [1.82, 2.24) is 15.1 Å². The maximum Gasteiger partial charge on any atom is 0.126 e. The first-order chi connectivity index (χ1) is 10.2. The van der Waals surface area contributed by atoms with Crippen molar-refractivity contribution in [3.05, 3.63) is 46.8 Å². The summed E-state index contributed by atoms with van der Waals surface area (Å²) in [6, 6.07) is 6.77. The summed E-state index contributed by atoms with van der Waals surface area (Å²) in [5.74, 6) is 1.07. The topological polar surface area (TPSA) is 39.1 Å². The first-order valence-electron chi connectivity index (χ1n) is 7.60. The molecule has 0 fully saturated rings. The summed E-state index contributed by atoms with van der Waals surface area (Å²) in [6.45, 7) is 5.88. The van der Waals surface area contributed by atoms with Gasteiger partial charge < -0.3 is 10.1 Å². The minimum Gasteiger partial charge on any atom is -0.493 e. The highest BCUT2D eigenvalue weighted by atomic mass is 16.5. The van der Waals surface area contributed by atoms with Gasteiger partial charge in [0.25, 0.3) is 0 Å². The summed E-state index contributed by atoms with van der Waals surface area (Å²) in [7, 11) is 1.98. The van der Waals surface area contributed by atoms with Gasteiger partial charge in [-0.05, 0) is 32.3 Å². The van der Waals surface area contributed by atoms with E-state index in [0.717, 1.165) is 31.7 Å². The largest absolute Gasteiger partial charge is 0.493 e. The van der Waals surface area contributed by atoms with Gasteiger partial charge in [-0.1, -0.05) is 18.2 Å². The summed E-state index contributed by atoms with van der Waals surface area (Å²) < 4.78 is 7.85. The molecule has 2 aromatic rings. The lowest BCUT2D eigenvalue weighted by atomic mass is 9.99. The molecular formula is C17H23N3O. The highest BCUT2D eigenvalue weighted by Crippen LogP contribution is 2.34. The minimum atomic E-state index is 0.349. The maximum absolute atomic E-state index is 5.93. The first kappa shape index (κ1) is 14.1. The normalized spacial score (nSPS) is 18.0. The minimum absolute atomic E-state index is 0.349. The van der Waals surface area contributed by atoms with Crippen LogP contribution >= 0.6 is 0 Å². The molecule has 0 bridgehead atoms. The molecule has 1 unspecified atom stereocenters. The van der Waals surface area contributed by atoms with Crippen LogP contribution in [0.1, 0.15) is 41.3 Å². The molecule has 1 aliphatic rings. The third kappa shape index (κ3) is 2.81. The molecule has 1 aromatic carbocycles. The average molecular weight is 285 g/mol. The Morgan fingerprint density at radius 1 is 1.38 bits per heavy atom. The van der Waals surface area contributed by atoms with Crippen molar-refractivity contribution in [2.24, 2.45) is 7.05 Å². The second kappa shape index (κ2) is 5.90. The van der Waals surface area contributed by atoms with E-state index in [1.807, 2.05) is 17.9 Å². The van der Waals surface area contributed by atoms with E-state index in [2.05, 4.69) is 42.5 Å². The number of fused-ring (bicyclic) bond motifs is 1. The average Bonchev–Trinajstić information content (AvgIpc) is 2.69. The molecule has 1 aromatic heterocycles. The van der Waals surface area contributed by atoms with E-state index in [-0.39, 0.29) is 0 Å². The molecule has 0 saturated heterocycles. The summed E-state index contributed by atoms with van der Waals surface area (Å²) in [4.78, 5) is 0. The van der Waals surface area contributed by atoms with Crippen molar-refractivity contribution in [3.8, 4) is 5.75 Å². The Hall–Kier alpha value is -1.81. The summed E-state index contributed by atoms with van der Waals surface area (Å²) in [5.41, 5.74) is 4.99. The maximum atomic E-state index is 5.93. The number of benzene rings is 1. The Morgan fingerprint density at radius 3 is 3.00 bits per heavy atom. The van der Waals surface area contributed by atoms with Crippen molar-refractivity contribution >= 4 is 0 Å². The number of rotatable bonds is 3. The molecule has 4 heteroatoms. The van der Waals surface area contributed by atoms with Gasteiger partial charge in [0.1, 0.15) is 5.75 Å². The van der Waals surface area contributed by atoms with Gasteiger partial charge in [0.05, 0.1) is 12.8 Å². The molecule has 0 spiro atoms. The van der Waals surface area contributed by atoms with Gasteiger partial charge in [0, 0.05) is 36.5 Å². The van der Waals surface area contributed by atoms with E-state index in [1.54, 1.807) is 0 Å². The third-order valence-electron chi connectivity index (χ3n) is 4.38. The Balaban J connectivity index is 1.80. The van der Waals surface area contributed by atoms with E-state index in [4.69, 9.17) is 4.74 Å². The van der Waals surface area contributed by atoms with Crippen LogP contribution < -0.4 is 10.1 Å². The van der Waals surface area contributed by atoms with Crippen LogP contribution in [-0.2, 0) is 13.6 Å². The van der Waals surface area contributed by atoms with E-state index in [0.29, 0.717) is 6.04 Å². The van der Waals surface area contributed by atoms with Gasteiger partial charge in [-0.25, -0.2) is 0 Å². The predicted octanol–water partition coefficient (Wildman–Crippen LogP) is 3.04. The highest BCUT2D eigenvalue weighted by molar-refractivity contribution is 5.43. The molecule has 4 nitrogen and oxygen atoms in total. The van der Waals surface area contributed by atoms with Gasteiger partial charge in [-0.3, -0.25) is 4.68 Å². The number of ether oxygens (including phenoxy) is 1. The van der Waals surface area contributed by atoms with Gasteiger partial charge in [-0.2, -0.15) is 5.10 Å². The fourth-order valence-corrected chi connectivity index (χ4v) is 2.93. The van der Waals surface area contributed by atoms with Crippen LogP contribution in [-0.4, -0.2) is 16.4 Å². The SMILES string of the molecule is Cc1cccc2c1OCCCC2NCc1cnn(C)c1C. The molecule has 0 radical (unpaired) electrons. The fourth-order valence-electron chi connectivity index (χ4n) is 2.93. The number of hydrogen-bond acceptors (Lipinski definition) is 3. The van der Waals surface area contributed by atoms with Gasteiger partial charge >= 0.3 is 0 Å². The molecule has 112 valence electrons. The van der Waals surface area contributed by atoms with Crippen LogP contribution in [0.5, 0.6) is 5.75 Å². The molecule has 0 saturated carbocycles. The summed E-state index contributed by atoms with van der Waals surface area (Å²) >= 11 is 0. The number of para-hydroxylation sites is 1. The molecule has 1 N–H and O–H groups in total. The van der Waals surface area contributed by atoms with Gasteiger partial charge in [0.15, 0.2) is 0 Å². The molecule has 2 heterocycles. The summed E-state index contributed by atoms with van der Waals surface area (Å²) in [6.07, 6.45) is 4.14. The van der Waals surface area contributed by atoms with Crippen LogP contribution in [0.25, 0.3) is 0 Å². The Kier molecular flexibility index (Phi) is 3.97. The Morgan fingerprint density at radius 2 is 2.24 bits per heavy atom. The van der Waals surface area contributed by atoms with Crippen molar-refractivity contribution in [1.29, 1.82) is 0 Å². The molecule has 0 amide bonds. The zero-order valence-corrected chi connectivity index (χ0v) is 13.0. The molecule has 1 atom stereocenters. The van der Waals surface area contributed by atoms with Crippen LogP contribution in [0.2, 0.25) is 0 Å². The van der Waals surface area contributed by atoms with Crippen molar-refractivity contribution in [2.45, 2.75) is 39.3 Å². The molecule has 21 heavy (non-hydrogen) atoms. The molecule has 1 aliphatic heterocycles. The van der Waals surface area contributed by atoms with Crippen molar-refractivity contribution in [2.75, 3.05) is 6.61 Å². The second-order valence-corrected chi connectivity index (χ2v) is 5.80. The van der Waals surface area contributed by atoms with Crippen LogP contribution in [0.15, 0.2) is 24.4 Å². The van der Waals surface area contributed by atoms with Gasteiger partial charge in [0.2, 0.25) is 0 Å². The van der Waals surface area contributed by atoms with E-state index in [1.165, 1.54) is 22.4 Å². The lowest BCUT2D eigenvalue weighted by Crippen LogP contribution is -2.21. The lowest BCUT2D eigenvalue weighted by Gasteiger charge is -2.19. The predicted molar refractivity (Wildman–Crippen MR) is 83.4 cm³/mol. The van der Waals surface area contributed by atoms with Crippen LogP contribution in [0, 0.1) is 13.8 Å². The molecular weight excluding hydrogens is 262 g/mol.